The van der Waals surface area contributed by atoms with E-state index in [1.807, 2.05) is 17.0 Å². The van der Waals surface area contributed by atoms with Crippen molar-refractivity contribution in [1.82, 2.24) is 4.90 Å². The van der Waals surface area contributed by atoms with Crippen LogP contribution in [0.2, 0.25) is 0 Å². The number of rotatable bonds is 15. The summed E-state index contributed by atoms with van der Waals surface area (Å²) in [5.41, 5.74) is 3.36. The van der Waals surface area contributed by atoms with E-state index in [1.54, 1.807) is 11.8 Å². The van der Waals surface area contributed by atoms with Crippen LogP contribution in [0.3, 0.4) is 0 Å². The minimum Gasteiger partial charge on any atom is -0.463 e. The number of hydrogen-bond acceptors (Lipinski definition) is 20. The van der Waals surface area contributed by atoms with Crippen LogP contribution in [0.5, 0.6) is 0 Å². The lowest BCUT2D eigenvalue weighted by Gasteiger charge is -2.51. The van der Waals surface area contributed by atoms with E-state index in [0.717, 1.165) is 55.7 Å². The molecule has 19 nitrogen and oxygen atoms in total. The molecule has 350 valence electrons. The summed E-state index contributed by atoms with van der Waals surface area (Å²) in [5, 5.41) is 0. The maximum atomic E-state index is 12.9. The van der Waals surface area contributed by atoms with Gasteiger partial charge >= 0.3 is 41.8 Å². The average molecular weight is 917 g/mol. The van der Waals surface area contributed by atoms with Gasteiger partial charge in [0.15, 0.2) is 43.0 Å². The van der Waals surface area contributed by atoms with Crippen molar-refractivity contribution in [3.63, 3.8) is 0 Å². The van der Waals surface area contributed by atoms with Gasteiger partial charge in [-0.25, -0.2) is 0 Å². The minimum absolute atomic E-state index is 0.378. The van der Waals surface area contributed by atoms with Gasteiger partial charge in [0.25, 0.3) is 0 Å². The summed E-state index contributed by atoms with van der Waals surface area (Å²) in [5.74, 6) is -5.60. The van der Waals surface area contributed by atoms with Crippen LogP contribution < -0.4 is 4.90 Å². The van der Waals surface area contributed by atoms with Crippen LogP contribution in [0.1, 0.15) is 59.6 Å². The van der Waals surface area contributed by atoms with Gasteiger partial charge in [-0.3, -0.25) is 38.5 Å². The third-order valence-corrected chi connectivity index (χ3v) is 11.6. The van der Waals surface area contributed by atoms with E-state index in [9.17, 15) is 33.6 Å². The van der Waals surface area contributed by atoms with E-state index >= 15 is 0 Å². The van der Waals surface area contributed by atoms with E-state index in [1.165, 1.54) is 19.4 Å². The topological polar surface area (TPSA) is 218 Å². The Hall–Kier alpha value is -5.28. The second-order valence-electron chi connectivity index (χ2n) is 15.5. The number of hydrogen-bond donors (Lipinski definition) is 0. The van der Waals surface area contributed by atoms with Crippen molar-refractivity contribution in [2.45, 2.75) is 133 Å². The predicted molar refractivity (Wildman–Crippen MR) is 223 cm³/mol. The molecule has 0 saturated carbocycles. The molecule has 0 aromatic heterocycles. The zero-order chi connectivity index (χ0) is 46.8. The molecule has 2 aromatic carbocycles. The van der Waals surface area contributed by atoms with Gasteiger partial charge < -0.3 is 52.3 Å². The highest BCUT2D eigenvalue weighted by Crippen LogP contribution is 2.39. The van der Waals surface area contributed by atoms with Crippen LogP contribution in [0.15, 0.2) is 52.3 Å². The summed E-state index contributed by atoms with van der Waals surface area (Å²) in [6.07, 6.45) is -14.7. The molecular formula is C44H56N2O17S. The molecule has 64 heavy (non-hydrogen) atoms. The molecule has 0 N–H and O–H groups in total. The first-order valence-electron chi connectivity index (χ1n) is 20.7. The number of piperazine rings is 1. The van der Waals surface area contributed by atoms with Gasteiger partial charge in [-0.05, 0) is 37.6 Å². The van der Waals surface area contributed by atoms with Crippen molar-refractivity contribution in [1.29, 1.82) is 0 Å². The standard InChI is InChI=1S/C44H56N2O17S/c1-23-14-15-35(24(2)20-23)64-36-13-11-10-12-32(36)45-16-18-46(19-17-45)43-41(59-30(8)52)39(57-28(6)50)38(33(61-43)21-54-25(3)47)63-44-42(60-31(9)53)40(58-29(7)51)37(56-27(5)49)34(62-44)22-55-26(4)48/h10-15,20,33-34,37-44H,16-19,21-22H2,1-9H3/t33-,34+,37-,38-,39+,40-,41-,42+,43?,44-/m1/s1. The van der Waals surface area contributed by atoms with E-state index in [4.69, 9.17) is 47.4 Å². The molecular weight excluding hydrogens is 861 g/mol. The molecule has 20 heteroatoms. The molecule has 3 heterocycles. The molecule has 2 aromatic rings. The second kappa shape index (κ2) is 22.6. The number of carbonyl (C=O) groups excluding carboxylic acids is 7. The number of nitrogens with zero attached hydrogens (tertiary/aromatic N) is 2. The number of esters is 7. The SMILES string of the molecule is CC(=O)OC[C@@H]1O[C@H](O[C@H]2[C@H](OC(C)=O)[C@@H](OC(C)=O)C(N3CCN(c4ccccc4Sc4ccc(C)cc4C)CC3)O[C@@H]2COC(C)=O)[C@@H](OC(C)=O)[C@H](OC(C)=O)[C@@H]1OC(C)=O. The molecule has 0 amide bonds. The van der Waals surface area contributed by atoms with Crippen LogP contribution in [0, 0.1) is 13.8 Å². The van der Waals surface area contributed by atoms with Crippen molar-refractivity contribution in [3.8, 4) is 0 Å². The maximum absolute atomic E-state index is 12.9. The largest absolute Gasteiger partial charge is 0.463 e. The highest BCUT2D eigenvalue weighted by Gasteiger charge is 2.58. The zero-order valence-corrected chi connectivity index (χ0v) is 38.1. The fraction of sp³-hybridized carbons (Fsp3) is 0.568. The smallest absolute Gasteiger partial charge is 0.303 e. The van der Waals surface area contributed by atoms with Crippen molar-refractivity contribution < 1.29 is 80.9 Å². The van der Waals surface area contributed by atoms with E-state index in [-0.39, 0.29) is 0 Å². The molecule has 3 aliphatic rings. The van der Waals surface area contributed by atoms with Gasteiger partial charge in [0.1, 0.15) is 31.5 Å². The zero-order valence-electron chi connectivity index (χ0n) is 37.3. The van der Waals surface area contributed by atoms with Gasteiger partial charge in [-0.2, -0.15) is 0 Å². The van der Waals surface area contributed by atoms with Crippen molar-refractivity contribution in [2.24, 2.45) is 0 Å². The molecule has 10 atom stereocenters. The molecule has 3 saturated heterocycles. The fourth-order valence-corrected chi connectivity index (χ4v) is 8.88. The lowest BCUT2D eigenvalue weighted by Crippen LogP contribution is -2.69. The van der Waals surface area contributed by atoms with Gasteiger partial charge in [-0.15, -0.1) is 0 Å². The molecule has 0 bridgehead atoms. The second-order valence-corrected chi connectivity index (χ2v) is 16.6. The number of ether oxygens (including phenoxy) is 10. The van der Waals surface area contributed by atoms with Crippen LogP contribution in [-0.4, -0.2) is 147 Å². The van der Waals surface area contributed by atoms with Crippen molar-refractivity contribution in [3.05, 3.63) is 53.6 Å². The summed E-state index contributed by atoms with van der Waals surface area (Å²) in [6, 6.07) is 14.4. The molecule has 1 unspecified atom stereocenters. The first kappa shape index (κ1) is 49.7. The monoisotopic (exact) mass is 916 g/mol. The van der Waals surface area contributed by atoms with Crippen LogP contribution in [0.25, 0.3) is 0 Å². The Morgan fingerprint density at radius 1 is 0.562 bits per heavy atom. The number of aryl methyl sites for hydroxylation is 2. The molecule has 0 aliphatic carbocycles. The Morgan fingerprint density at radius 3 is 1.61 bits per heavy atom. The molecule has 0 spiro atoms. The van der Waals surface area contributed by atoms with Crippen LogP contribution in [-0.2, 0) is 80.9 Å². The lowest BCUT2D eigenvalue weighted by molar-refractivity contribution is -0.351. The van der Waals surface area contributed by atoms with Gasteiger partial charge in [0.05, 0.1) is 5.69 Å². The maximum Gasteiger partial charge on any atom is 0.303 e. The Labute approximate surface area is 375 Å². The number of carbonyl (C=O) groups is 7. The van der Waals surface area contributed by atoms with Crippen LogP contribution in [0.4, 0.5) is 5.69 Å². The van der Waals surface area contributed by atoms with E-state index in [0.29, 0.717) is 26.2 Å². The summed E-state index contributed by atoms with van der Waals surface area (Å²) < 4.78 is 58.5. The molecule has 3 aliphatic heterocycles. The third-order valence-electron chi connectivity index (χ3n) is 10.3. The highest BCUT2D eigenvalue weighted by molar-refractivity contribution is 7.99. The Morgan fingerprint density at radius 2 is 1.06 bits per heavy atom. The Kier molecular flexibility index (Phi) is 17.5. The first-order valence-corrected chi connectivity index (χ1v) is 21.5. The van der Waals surface area contributed by atoms with E-state index in [2.05, 4.69) is 49.1 Å². The minimum atomic E-state index is -1.77. The first-order chi connectivity index (χ1) is 30.3. The fourth-order valence-electron chi connectivity index (χ4n) is 7.84. The highest BCUT2D eigenvalue weighted by atomic mass is 32.2. The Bertz CT molecular complexity index is 2020. The van der Waals surface area contributed by atoms with Gasteiger partial charge in [-0.1, -0.05) is 41.6 Å². The summed E-state index contributed by atoms with van der Waals surface area (Å²) in [7, 11) is 0. The van der Waals surface area contributed by atoms with Crippen LogP contribution >= 0.6 is 11.8 Å². The van der Waals surface area contributed by atoms with Crippen molar-refractivity contribution >= 4 is 59.2 Å². The lowest BCUT2D eigenvalue weighted by atomic mass is 9.95. The van der Waals surface area contributed by atoms with Crippen molar-refractivity contribution in [2.75, 3.05) is 44.3 Å². The summed E-state index contributed by atoms with van der Waals surface area (Å²) >= 11 is 1.67. The van der Waals surface area contributed by atoms with Gasteiger partial charge in [0, 0.05) is 84.4 Å². The molecule has 5 rings (SSSR count). The predicted octanol–water partition coefficient (Wildman–Crippen LogP) is 3.20. The quantitative estimate of drug-likeness (QED) is 0.185. The average Bonchev–Trinajstić information content (AvgIpc) is 3.20. The third kappa shape index (κ3) is 13.4. The number of anilines is 1. The van der Waals surface area contributed by atoms with E-state index < -0.39 is 116 Å². The van der Waals surface area contributed by atoms with Gasteiger partial charge in [0.2, 0.25) is 0 Å². The summed E-state index contributed by atoms with van der Waals surface area (Å²) in [4.78, 5) is 93.9. The normalized spacial score (nSPS) is 27.0. The number of benzene rings is 2. The Balaban J connectivity index is 1.50. The molecule has 0 radical (unpaired) electrons. The summed E-state index contributed by atoms with van der Waals surface area (Å²) in [6.45, 7) is 12.7. The molecule has 3 fully saturated rings. The number of para-hydroxylation sites is 1.